The van der Waals surface area contributed by atoms with Crippen molar-refractivity contribution in [3.63, 3.8) is 0 Å². The molecule has 0 aliphatic rings. The Hall–Kier alpha value is -1.42. The van der Waals surface area contributed by atoms with Crippen LogP contribution in [0.5, 0.6) is 0 Å². The van der Waals surface area contributed by atoms with Gasteiger partial charge in [-0.15, -0.1) is 0 Å². The fraction of sp³-hybridized carbons (Fsp3) is 0.600. The first-order valence-electron chi connectivity index (χ1n) is 9.29. The molecular formula is C20H32N2OS. The molecule has 0 aliphatic heterocycles. The number of nitrogens with one attached hydrogen (secondary N) is 2. The number of hydrogen-bond donors (Lipinski definition) is 2. The van der Waals surface area contributed by atoms with Crippen molar-refractivity contribution in [3.8, 4) is 0 Å². The summed E-state index contributed by atoms with van der Waals surface area (Å²) < 4.78 is 0. The second-order valence-electron chi connectivity index (χ2n) is 6.35. The number of hydrogen-bond acceptors (Lipinski definition) is 2. The molecule has 0 spiro atoms. The van der Waals surface area contributed by atoms with Crippen LogP contribution in [0.15, 0.2) is 24.3 Å². The lowest BCUT2D eigenvalue weighted by atomic mass is 10.1. The highest BCUT2D eigenvalue weighted by atomic mass is 32.1. The molecule has 0 aliphatic carbocycles. The zero-order valence-corrected chi connectivity index (χ0v) is 16.0. The van der Waals surface area contributed by atoms with Crippen molar-refractivity contribution >= 4 is 28.8 Å². The molecule has 0 unspecified atom stereocenters. The average Bonchev–Trinajstić information content (AvgIpc) is 2.56. The van der Waals surface area contributed by atoms with Gasteiger partial charge in [0.2, 0.25) is 0 Å². The van der Waals surface area contributed by atoms with Crippen LogP contribution in [-0.2, 0) is 0 Å². The number of carbonyl (C=O) groups excluding carboxylic acids is 1. The number of carbonyl (C=O) groups is 1. The van der Waals surface area contributed by atoms with Gasteiger partial charge in [0.1, 0.15) is 0 Å². The van der Waals surface area contributed by atoms with E-state index in [1.807, 2.05) is 24.3 Å². The summed E-state index contributed by atoms with van der Waals surface area (Å²) in [6, 6.07) is 7.42. The van der Waals surface area contributed by atoms with Crippen LogP contribution in [0, 0.1) is 0 Å². The number of anilines is 1. The third kappa shape index (κ3) is 9.66. The second kappa shape index (κ2) is 12.9. The molecule has 0 aromatic heterocycles. The van der Waals surface area contributed by atoms with Crippen LogP contribution in [0.1, 0.15) is 82.0 Å². The monoisotopic (exact) mass is 348 g/mol. The number of benzene rings is 1. The topological polar surface area (TPSA) is 41.1 Å². The minimum atomic E-state index is 0.0622. The standard InChI is InChI=1S/C20H32N2OS/c1-3-4-5-6-7-8-9-10-11-15-21-20(24)22-19-14-12-13-18(16-19)17(2)23/h12-14,16H,3-11,15H2,1-2H3,(H2,21,22,24). The van der Waals surface area contributed by atoms with E-state index in [0.29, 0.717) is 10.7 Å². The van der Waals surface area contributed by atoms with E-state index in [1.54, 1.807) is 6.92 Å². The van der Waals surface area contributed by atoms with Crippen LogP contribution in [0.25, 0.3) is 0 Å². The Morgan fingerprint density at radius 1 is 1.00 bits per heavy atom. The van der Waals surface area contributed by atoms with Gasteiger partial charge in [0, 0.05) is 17.8 Å². The highest BCUT2D eigenvalue weighted by Crippen LogP contribution is 2.11. The maximum atomic E-state index is 11.4. The van der Waals surface area contributed by atoms with Crippen LogP contribution in [0.3, 0.4) is 0 Å². The molecule has 3 nitrogen and oxygen atoms in total. The van der Waals surface area contributed by atoms with Crippen LogP contribution in [0.4, 0.5) is 5.69 Å². The lowest BCUT2D eigenvalue weighted by Gasteiger charge is -2.11. The van der Waals surface area contributed by atoms with Crippen molar-refractivity contribution < 1.29 is 4.79 Å². The van der Waals surface area contributed by atoms with Gasteiger partial charge in [-0.05, 0) is 37.7 Å². The minimum absolute atomic E-state index is 0.0622. The normalized spacial score (nSPS) is 10.4. The number of Topliss-reactive ketones (excluding diaryl/α,β-unsaturated/α-hetero) is 1. The summed E-state index contributed by atoms with van der Waals surface area (Å²) in [5.41, 5.74) is 1.55. The molecule has 0 atom stereocenters. The van der Waals surface area contributed by atoms with Crippen molar-refractivity contribution in [2.24, 2.45) is 0 Å². The zero-order chi connectivity index (χ0) is 17.6. The molecule has 1 rings (SSSR count). The third-order valence-corrected chi connectivity index (χ3v) is 4.34. The summed E-state index contributed by atoms with van der Waals surface area (Å²) in [7, 11) is 0. The van der Waals surface area contributed by atoms with Crippen LogP contribution < -0.4 is 10.6 Å². The summed E-state index contributed by atoms with van der Waals surface area (Å²) in [4.78, 5) is 11.4. The smallest absolute Gasteiger partial charge is 0.170 e. The van der Waals surface area contributed by atoms with Gasteiger partial charge in [0.25, 0.3) is 0 Å². The third-order valence-electron chi connectivity index (χ3n) is 4.09. The molecule has 0 heterocycles. The maximum Gasteiger partial charge on any atom is 0.170 e. The van der Waals surface area contributed by atoms with E-state index in [9.17, 15) is 4.79 Å². The number of rotatable bonds is 12. The first kappa shape index (κ1) is 20.6. The molecule has 0 saturated heterocycles. The Morgan fingerprint density at radius 2 is 1.62 bits per heavy atom. The van der Waals surface area contributed by atoms with Crippen molar-refractivity contribution in [1.82, 2.24) is 5.32 Å². The molecule has 2 N–H and O–H groups in total. The largest absolute Gasteiger partial charge is 0.362 e. The lowest BCUT2D eigenvalue weighted by Crippen LogP contribution is -2.29. The fourth-order valence-corrected chi connectivity index (χ4v) is 2.85. The fourth-order valence-electron chi connectivity index (χ4n) is 2.63. The number of unbranched alkanes of at least 4 members (excludes halogenated alkanes) is 8. The average molecular weight is 349 g/mol. The second-order valence-corrected chi connectivity index (χ2v) is 6.75. The highest BCUT2D eigenvalue weighted by Gasteiger charge is 2.02. The Kier molecular flexibility index (Phi) is 11.1. The molecule has 0 saturated carbocycles. The van der Waals surface area contributed by atoms with E-state index in [4.69, 9.17) is 12.2 Å². The van der Waals surface area contributed by atoms with E-state index in [-0.39, 0.29) is 5.78 Å². The van der Waals surface area contributed by atoms with Crippen molar-refractivity contribution in [2.45, 2.75) is 71.6 Å². The Balaban J connectivity index is 2.06. The molecule has 1 aromatic rings. The molecule has 0 bridgehead atoms. The van der Waals surface area contributed by atoms with Gasteiger partial charge in [-0.1, -0.05) is 70.4 Å². The van der Waals surface area contributed by atoms with Crippen LogP contribution in [-0.4, -0.2) is 17.4 Å². The molecule has 0 radical (unpaired) electrons. The van der Waals surface area contributed by atoms with Crippen LogP contribution in [0.2, 0.25) is 0 Å². The molecule has 24 heavy (non-hydrogen) atoms. The SMILES string of the molecule is CCCCCCCCCCCNC(=S)Nc1cccc(C(C)=O)c1. The van der Waals surface area contributed by atoms with E-state index in [1.165, 1.54) is 51.4 Å². The Labute approximate surface area is 152 Å². The van der Waals surface area contributed by atoms with Gasteiger partial charge in [0.05, 0.1) is 0 Å². The van der Waals surface area contributed by atoms with Crippen molar-refractivity contribution in [1.29, 1.82) is 0 Å². The highest BCUT2D eigenvalue weighted by molar-refractivity contribution is 7.80. The molecule has 134 valence electrons. The quantitative estimate of drug-likeness (QED) is 0.288. The van der Waals surface area contributed by atoms with Gasteiger partial charge < -0.3 is 10.6 Å². The van der Waals surface area contributed by atoms with E-state index in [0.717, 1.165) is 18.7 Å². The molecule has 4 heteroatoms. The van der Waals surface area contributed by atoms with Gasteiger partial charge in [-0.2, -0.15) is 0 Å². The predicted molar refractivity (Wildman–Crippen MR) is 108 cm³/mol. The molecule has 0 fully saturated rings. The van der Waals surface area contributed by atoms with Crippen LogP contribution >= 0.6 is 12.2 Å². The van der Waals surface area contributed by atoms with Gasteiger partial charge in [-0.25, -0.2) is 0 Å². The molecule has 1 aromatic carbocycles. The van der Waals surface area contributed by atoms with Gasteiger partial charge in [-0.3, -0.25) is 4.79 Å². The summed E-state index contributed by atoms with van der Waals surface area (Å²) in [5.74, 6) is 0.0622. The molecule has 0 amide bonds. The number of thiocarbonyl (C=S) groups is 1. The summed E-state index contributed by atoms with van der Waals surface area (Å²) in [5, 5.41) is 6.99. The summed E-state index contributed by atoms with van der Waals surface area (Å²) in [6.07, 6.45) is 11.9. The molecular weight excluding hydrogens is 316 g/mol. The first-order valence-corrected chi connectivity index (χ1v) is 9.70. The minimum Gasteiger partial charge on any atom is -0.362 e. The van der Waals surface area contributed by atoms with E-state index in [2.05, 4.69) is 17.6 Å². The lowest BCUT2D eigenvalue weighted by molar-refractivity contribution is 0.101. The van der Waals surface area contributed by atoms with E-state index < -0.39 is 0 Å². The summed E-state index contributed by atoms with van der Waals surface area (Å²) >= 11 is 5.30. The Morgan fingerprint density at radius 3 is 2.25 bits per heavy atom. The van der Waals surface area contributed by atoms with Gasteiger partial charge in [0.15, 0.2) is 10.9 Å². The van der Waals surface area contributed by atoms with Crippen molar-refractivity contribution in [2.75, 3.05) is 11.9 Å². The predicted octanol–water partition coefficient (Wildman–Crippen LogP) is 5.71. The Bertz CT molecular complexity index is 502. The summed E-state index contributed by atoms with van der Waals surface area (Å²) in [6.45, 7) is 4.72. The first-order chi connectivity index (χ1) is 11.6. The maximum absolute atomic E-state index is 11.4. The zero-order valence-electron chi connectivity index (χ0n) is 15.2. The van der Waals surface area contributed by atoms with E-state index >= 15 is 0 Å². The van der Waals surface area contributed by atoms with Crippen molar-refractivity contribution in [3.05, 3.63) is 29.8 Å². The van der Waals surface area contributed by atoms with Gasteiger partial charge >= 0.3 is 0 Å². The number of ketones is 1.